The Kier molecular flexibility index (Phi) is 3.54. The van der Waals surface area contributed by atoms with Crippen LogP contribution >= 0.6 is 0 Å². The van der Waals surface area contributed by atoms with Crippen LogP contribution in [0.1, 0.15) is 6.92 Å². The Hall–Kier alpha value is -1.56. The molecule has 0 fully saturated rings. The normalized spacial score (nSPS) is 13.1. The second-order valence-electron chi connectivity index (χ2n) is 3.46. The molecular formula is C10H14N2O3S. The fraction of sp³-hybridized carbons (Fsp3) is 0.300. The molecule has 0 aliphatic rings. The molecule has 1 rings (SSSR count). The Bertz CT molecular complexity index is 479. The van der Waals surface area contributed by atoms with E-state index in [1.54, 1.807) is 6.92 Å². The van der Waals surface area contributed by atoms with Crippen molar-refractivity contribution < 1.29 is 13.2 Å². The van der Waals surface area contributed by atoms with Crippen molar-refractivity contribution in [2.75, 3.05) is 6.26 Å². The molecule has 0 aromatic heterocycles. The van der Waals surface area contributed by atoms with Gasteiger partial charge < -0.3 is 10.5 Å². The highest BCUT2D eigenvalue weighted by molar-refractivity contribution is 7.90. The van der Waals surface area contributed by atoms with Crippen LogP contribution in [0.15, 0.2) is 29.2 Å². The van der Waals surface area contributed by atoms with E-state index in [1.807, 2.05) is 0 Å². The first kappa shape index (κ1) is 12.5. The third kappa shape index (κ3) is 3.23. The maximum atomic E-state index is 11.2. The van der Waals surface area contributed by atoms with E-state index in [1.165, 1.54) is 24.3 Å². The molecule has 1 aromatic carbocycles. The SMILES string of the molecule is CC(Oc1ccc(S(C)(=O)=O)cc1)C(=N)N. The number of nitrogens with two attached hydrogens (primary N) is 1. The molecule has 1 aromatic rings. The molecule has 0 saturated carbocycles. The average Bonchev–Trinajstić information content (AvgIpc) is 2.17. The molecule has 0 bridgehead atoms. The predicted molar refractivity (Wildman–Crippen MR) is 61.6 cm³/mol. The third-order valence-electron chi connectivity index (χ3n) is 2.00. The Morgan fingerprint density at radius 1 is 1.38 bits per heavy atom. The highest BCUT2D eigenvalue weighted by atomic mass is 32.2. The second-order valence-corrected chi connectivity index (χ2v) is 5.47. The Balaban J connectivity index is 2.84. The zero-order valence-corrected chi connectivity index (χ0v) is 9.91. The first-order valence-electron chi connectivity index (χ1n) is 4.61. The minimum Gasteiger partial charge on any atom is -0.483 e. The van der Waals surface area contributed by atoms with Crippen molar-refractivity contribution in [3.63, 3.8) is 0 Å². The number of benzene rings is 1. The summed E-state index contributed by atoms with van der Waals surface area (Å²) in [6.45, 7) is 1.65. The van der Waals surface area contributed by atoms with Gasteiger partial charge in [-0.05, 0) is 31.2 Å². The Morgan fingerprint density at radius 3 is 2.25 bits per heavy atom. The molecule has 0 radical (unpaired) electrons. The van der Waals surface area contributed by atoms with E-state index in [0.717, 1.165) is 6.26 Å². The molecule has 0 spiro atoms. The molecule has 88 valence electrons. The van der Waals surface area contributed by atoms with Crippen LogP contribution in [-0.4, -0.2) is 26.6 Å². The minimum absolute atomic E-state index is 0.0767. The van der Waals surface area contributed by atoms with Crippen molar-refractivity contribution in [2.45, 2.75) is 17.9 Å². The minimum atomic E-state index is -3.19. The number of rotatable bonds is 4. The van der Waals surface area contributed by atoms with Gasteiger partial charge in [0.2, 0.25) is 0 Å². The van der Waals surface area contributed by atoms with Crippen LogP contribution in [-0.2, 0) is 9.84 Å². The van der Waals surface area contributed by atoms with E-state index in [-0.39, 0.29) is 10.7 Å². The second kappa shape index (κ2) is 4.52. The smallest absolute Gasteiger partial charge is 0.175 e. The summed E-state index contributed by atoms with van der Waals surface area (Å²) in [5.41, 5.74) is 5.25. The van der Waals surface area contributed by atoms with Gasteiger partial charge in [-0.1, -0.05) is 0 Å². The van der Waals surface area contributed by atoms with E-state index >= 15 is 0 Å². The summed E-state index contributed by atoms with van der Waals surface area (Å²) in [4.78, 5) is 0.232. The summed E-state index contributed by atoms with van der Waals surface area (Å²) in [6.07, 6.45) is 0.616. The lowest BCUT2D eigenvalue weighted by atomic mass is 10.3. The van der Waals surface area contributed by atoms with Gasteiger partial charge in [-0.25, -0.2) is 8.42 Å². The topological polar surface area (TPSA) is 93.2 Å². The molecule has 0 aliphatic carbocycles. The van der Waals surface area contributed by atoms with Crippen molar-refractivity contribution in [3.8, 4) is 5.75 Å². The molecule has 0 saturated heterocycles. The fourth-order valence-electron chi connectivity index (χ4n) is 1.03. The summed E-state index contributed by atoms with van der Waals surface area (Å²) in [6, 6.07) is 5.99. The number of nitrogens with one attached hydrogen (secondary N) is 1. The number of hydrogen-bond donors (Lipinski definition) is 2. The van der Waals surface area contributed by atoms with Crippen LogP contribution in [0.2, 0.25) is 0 Å². The quantitative estimate of drug-likeness (QED) is 0.603. The summed E-state index contributed by atoms with van der Waals surface area (Å²) in [7, 11) is -3.19. The molecule has 1 unspecified atom stereocenters. The summed E-state index contributed by atoms with van der Waals surface area (Å²) in [5, 5.41) is 7.15. The maximum Gasteiger partial charge on any atom is 0.175 e. The van der Waals surface area contributed by atoms with Crippen LogP contribution in [0, 0.1) is 5.41 Å². The van der Waals surface area contributed by atoms with Gasteiger partial charge in [0, 0.05) is 6.26 Å². The van der Waals surface area contributed by atoms with Gasteiger partial charge in [-0.15, -0.1) is 0 Å². The fourth-order valence-corrected chi connectivity index (χ4v) is 1.66. The lowest BCUT2D eigenvalue weighted by Gasteiger charge is -2.12. The van der Waals surface area contributed by atoms with Crippen LogP contribution in [0.5, 0.6) is 5.75 Å². The van der Waals surface area contributed by atoms with E-state index < -0.39 is 15.9 Å². The lowest BCUT2D eigenvalue weighted by molar-refractivity contribution is 0.284. The van der Waals surface area contributed by atoms with Gasteiger partial charge in [-0.3, -0.25) is 5.41 Å². The standard InChI is InChI=1S/C10H14N2O3S/c1-7(10(11)12)15-8-3-5-9(6-4-8)16(2,13)14/h3-7H,1-2H3,(H3,11,12). The Morgan fingerprint density at radius 2 is 1.88 bits per heavy atom. The molecule has 0 heterocycles. The van der Waals surface area contributed by atoms with Gasteiger partial charge in [0.15, 0.2) is 15.9 Å². The molecule has 0 aliphatic heterocycles. The van der Waals surface area contributed by atoms with Crippen molar-refractivity contribution in [1.82, 2.24) is 0 Å². The van der Waals surface area contributed by atoms with E-state index in [4.69, 9.17) is 15.9 Å². The molecule has 3 N–H and O–H groups in total. The van der Waals surface area contributed by atoms with Crippen LogP contribution in [0.4, 0.5) is 0 Å². The van der Waals surface area contributed by atoms with Gasteiger partial charge >= 0.3 is 0 Å². The lowest BCUT2D eigenvalue weighted by Crippen LogP contribution is -2.29. The highest BCUT2D eigenvalue weighted by Gasteiger charge is 2.09. The summed E-state index contributed by atoms with van der Waals surface area (Å²) < 4.78 is 27.7. The molecule has 0 amide bonds. The first-order chi connectivity index (χ1) is 7.30. The Labute approximate surface area is 94.7 Å². The largest absolute Gasteiger partial charge is 0.483 e. The van der Waals surface area contributed by atoms with Gasteiger partial charge in [-0.2, -0.15) is 0 Å². The molecule has 16 heavy (non-hydrogen) atoms. The highest BCUT2D eigenvalue weighted by Crippen LogP contribution is 2.16. The summed E-state index contributed by atoms with van der Waals surface area (Å²) in [5.74, 6) is 0.405. The van der Waals surface area contributed by atoms with Crippen molar-refractivity contribution >= 4 is 15.7 Å². The number of ether oxygens (including phenoxy) is 1. The van der Waals surface area contributed by atoms with Crippen molar-refractivity contribution in [3.05, 3.63) is 24.3 Å². The van der Waals surface area contributed by atoms with Crippen LogP contribution in [0.3, 0.4) is 0 Å². The van der Waals surface area contributed by atoms with Gasteiger partial charge in [0.25, 0.3) is 0 Å². The number of hydrogen-bond acceptors (Lipinski definition) is 4. The van der Waals surface area contributed by atoms with Gasteiger partial charge in [0.05, 0.1) is 4.90 Å². The van der Waals surface area contributed by atoms with Crippen LogP contribution < -0.4 is 10.5 Å². The first-order valence-corrected chi connectivity index (χ1v) is 6.50. The zero-order valence-electron chi connectivity index (χ0n) is 9.10. The van der Waals surface area contributed by atoms with E-state index in [9.17, 15) is 8.42 Å². The summed E-state index contributed by atoms with van der Waals surface area (Å²) >= 11 is 0. The maximum absolute atomic E-state index is 11.2. The van der Waals surface area contributed by atoms with Crippen molar-refractivity contribution in [1.29, 1.82) is 5.41 Å². The monoisotopic (exact) mass is 242 g/mol. The molecule has 6 heteroatoms. The average molecular weight is 242 g/mol. The molecule has 5 nitrogen and oxygen atoms in total. The number of sulfone groups is 1. The third-order valence-corrected chi connectivity index (χ3v) is 3.13. The molecule has 1 atom stereocenters. The van der Waals surface area contributed by atoms with Crippen molar-refractivity contribution in [2.24, 2.45) is 5.73 Å². The predicted octanol–water partition coefficient (Wildman–Crippen LogP) is 0.793. The van der Waals surface area contributed by atoms with E-state index in [2.05, 4.69) is 0 Å². The molecular weight excluding hydrogens is 228 g/mol. The number of amidine groups is 1. The van der Waals surface area contributed by atoms with Gasteiger partial charge in [0.1, 0.15) is 11.6 Å². The zero-order chi connectivity index (χ0) is 12.3. The van der Waals surface area contributed by atoms with E-state index in [0.29, 0.717) is 5.75 Å². The van der Waals surface area contributed by atoms with Crippen LogP contribution in [0.25, 0.3) is 0 Å².